The van der Waals surface area contributed by atoms with Crippen LogP contribution in [0.15, 0.2) is 97.1 Å². The van der Waals surface area contributed by atoms with Crippen molar-refractivity contribution in [2.45, 2.75) is 64.6 Å². The molecule has 5 nitrogen and oxygen atoms in total. The predicted molar refractivity (Wildman–Crippen MR) is 205 cm³/mol. The van der Waals surface area contributed by atoms with E-state index in [0.29, 0.717) is 0 Å². The molecule has 2 atom stereocenters. The van der Waals surface area contributed by atoms with E-state index in [-0.39, 0.29) is 12.2 Å². The third-order valence-corrected chi connectivity index (χ3v) is 8.88. The van der Waals surface area contributed by atoms with Gasteiger partial charge in [-0.1, -0.05) is 83.9 Å². The van der Waals surface area contributed by atoms with Crippen LogP contribution < -0.4 is 9.47 Å². The van der Waals surface area contributed by atoms with Gasteiger partial charge in [-0.2, -0.15) is 0 Å². The fourth-order valence-electron chi connectivity index (χ4n) is 5.91. The number of rotatable bonds is 20. The molecule has 4 aromatic carbocycles. The third kappa shape index (κ3) is 13.7. The molecular formula is C44H62N2O3+2. The minimum atomic E-state index is -0.265. The normalized spacial score (nSPS) is 13.2. The van der Waals surface area contributed by atoms with Crippen molar-refractivity contribution in [3.8, 4) is 11.5 Å². The first kappa shape index (κ1) is 38.2. The first-order chi connectivity index (χ1) is 23.4. The maximum Gasteiger partial charge on any atom is 0.119 e. The van der Waals surface area contributed by atoms with Gasteiger partial charge in [0, 0.05) is 0 Å². The van der Waals surface area contributed by atoms with Gasteiger partial charge >= 0.3 is 0 Å². The van der Waals surface area contributed by atoms with Crippen molar-refractivity contribution in [2.75, 3.05) is 68.6 Å². The van der Waals surface area contributed by atoms with E-state index >= 15 is 0 Å². The minimum Gasteiger partial charge on any atom is -0.494 e. The van der Waals surface area contributed by atoms with E-state index in [0.717, 1.165) is 68.8 Å². The zero-order chi connectivity index (χ0) is 35.3. The Morgan fingerprint density at radius 2 is 0.714 bits per heavy atom. The number of nitrogens with zero attached hydrogens (tertiary/aromatic N) is 2. The van der Waals surface area contributed by atoms with Crippen molar-refractivity contribution in [1.82, 2.24) is 0 Å². The lowest BCUT2D eigenvalue weighted by Crippen LogP contribution is -2.35. The highest BCUT2D eigenvalue weighted by Crippen LogP contribution is 2.37. The van der Waals surface area contributed by atoms with Gasteiger partial charge in [-0.3, -0.25) is 0 Å². The van der Waals surface area contributed by atoms with E-state index in [9.17, 15) is 0 Å². The molecule has 0 radical (unpaired) electrons. The molecule has 0 aliphatic carbocycles. The summed E-state index contributed by atoms with van der Waals surface area (Å²) < 4.78 is 21.5. The molecule has 49 heavy (non-hydrogen) atoms. The Hall–Kier alpha value is -3.64. The van der Waals surface area contributed by atoms with Crippen LogP contribution in [0.25, 0.3) is 0 Å². The average Bonchev–Trinajstić information content (AvgIpc) is 3.06. The topological polar surface area (TPSA) is 27.7 Å². The molecule has 0 fully saturated rings. The fourth-order valence-corrected chi connectivity index (χ4v) is 5.91. The molecule has 264 valence electrons. The van der Waals surface area contributed by atoms with Crippen molar-refractivity contribution in [3.05, 3.63) is 130 Å². The lowest BCUT2D eigenvalue weighted by molar-refractivity contribution is -0.870. The summed E-state index contributed by atoms with van der Waals surface area (Å²) in [5.41, 5.74) is 6.90. The second kappa shape index (κ2) is 18.4. The molecule has 4 rings (SSSR count). The highest BCUT2D eigenvalue weighted by molar-refractivity contribution is 5.39. The van der Waals surface area contributed by atoms with Crippen LogP contribution >= 0.6 is 0 Å². The van der Waals surface area contributed by atoms with Gasteiger partial charge in [0.2, 0.25) is 0 Å². The quantitative estimate of drug-likeness (QED) is 0.0695. The first-order valence-corrected chi connectivity index (χ1v) is 18.2. The van der Waals surface area contributed by atoms with E-state index in [1.165, 1.54) is 49.9 Å². The van der Waals surface area contributed by atoms with Gasteiger partial charge in [-0.15, -0.1) is 0 Å². The van der Waals surface area contributed by atoms with Gasteiger partial charge in [-0.25, -0.2) is 0 Å². The zero-order valence-electron chi connectivity index (χ0n) is 31.6. The van der Waals surface area contributed by atoms with Crippen LogP contribution in [-0.2, 0) is 4.74 Å². The molecule has 5 heteroatoms. The van der Waals surface area contributed by atoms with Crippen LogP contribution in [0, 0.1) is 13.8 Å². The number of quaternary nitrogens is 2. The monoisotopic (exact) mass is 666 g/mol. The van der Waals surface area contributed by atoms with Crippen LogP contribution in [0.1, 0.15) is 84.1 Å². The SMILES string of the molecule is Cc1ccc(C(OC(c2ccc(C)cc2)c2ccc(OCCCCC[N+](C)(C)C)cc2)c2ccc(OCCCCC[N+](C)(C)C)cc2)cc1. The average molecular weight is 667 g/mol. The van der Waals surface area contributed by atoms with Crippen LogP contribution in [0.4, 0.5) is 0 Å². The highest BCUT2D eigenvalue weighted by Gasteiger charge is 2.24. The number of ether oxygens (including phenoxy) is 3. The Kier molecular flexibility index (Phi) is 14.3. The smallest absolute Gasteiger partial charge is 0.119 e. The predicted octanol–water partition coefficient (Wildman–Crippen LogP) is 9.71. The van der Waals surface area contributed by atoms with Crippen LogP contribution in [0.2, 0.25) is 0 Å². The van der Waals surface area contributed by atoms with Gasteiger partial charge in [0.05, 0.1) is 68.6 Å². The van der Waals surface area contributed by atoms with E-state index in [1.54, 1.807) is 0 Å². The summed E-state index contributed by atoms with van der Waals surface area (Å²) in [4.78, 5) is 0. The minimum absolute atomic E-state index is 0.265. The van der Waals surface area contributed by atoms with Crippen molar-refractivity contribution in [3.63, 3.8) is 0 Å². The Morgan fingerprint density at radius 1 is 0.408 bits per heavy atom. The Balaban J connectivity index is 1.48. The van der Waals surface area contributed by atoms with Gasteiger partial charge in [0.1, 0.15) is 23.7 Å². The lowest BCUT2D eigenvalue weighted by Gasteiger charge is -2.27. The summed E-state index contributed by atoms with van der Waals surface area (Å²) >= 11 is 0. The van der Waals surface area contributed by atoms with Gasteiger partial charge in [-0.05, 0) is 98.9 Å². The van der Waals surface area contributed by atoms with E-state index in [2.05, 4.69) is 153 Å². The second-order valence-electron chi connectivity index (χ2n) is 15.7. The molecule has 0 aliphatic heterocycles. The molecule has 0 aromatic heterocycles. The van der Waals surface area contributed by atoms with Crippen molar-refractivity contribution in [2.24, 2.45) is 0 Å². The molecule has 0 amide bonds. The molecule has 2 unspecified atom stereocenters. The number of unbranched alkanes of at least 4 members (excludes halogenated alkanes) is 4. The Labute approximate surface area is 297 Å². The van der Waals surface area contributed by atoms with Crippen LogP contribution in [-0.4, -0.2) is 77.6 Å². The van der Waals surface area contributed by atoms with Gasteiger partial charge in [0.15, 0.2) is 0 Å². The van der Waals surface area contributed by atoms with Crippen molar-refractivity contribution in [1.29, 1.82) is 0 Å². The molecule has 0 spiro atoms. The molecule has 0 N–H and O–H groups in total. The van der Waals surface area contributed by atoms with Crippen molar-refractivity contribution < 1.29 is 23.2 Å². The first-order valence-electron chi connectivity index (χ1n) is 18.2. The number of aryl methyl sites for hydroxylation is 2. The molecule has 0 saturated heterocycles. The maximum atomic E-state index is 7.18. The van der Waals surface area contributed by atoms with Gasteiger partial charge < -0.3 is 23.2 Å². The van der Waals surface area contributed by atoms with Crippen LogP contribution in [0.5, 0.6) is 11.5 Å². The summed E-state index contributed by atoms with van der Waals surface area (Å²) in [6.45, 7) is 8.10. The molecule has 4 aromatic rings. The standard InChI is InChI=1S/C44H62N2O3/c1-35-15-19-37(20-16-35)43(39-23-27-41(28-24-39)47-33-13-9-11-31-45(3,4)5)49-44(38-21-17-36(2)18-22-38)40-25-29-42(30-26-40)48-34-14-10-12-32-46(6,7)8/h15-30,43-44H,9-14,31-34H2,1-8H3/q+2. The summed E-state index contributed by atoms with van der Waals surface area (Å²) in [6.07, 6.45) is 6.40. The molecule has 0 aliphatic rings. The molecule has 0 heterocycles. The zero-order valence-corrected chi connectivity index (χ0v) is 31.6. The summed E-state index contributed by atoms with van der Waals surface area (Å²) in [5, 5.41) is 0. The number of hydrogen-bond donors (Lipinski definition) is 0. The van der Waals surface area contributed by atoms with E-state index < -0.39 is 0 Å². The second-order valence-corrected chi connectivity index (χ2v) is 15.7. The summed E-state index contributed by atoms with van der Waals surface area (Å²) in [7, 11) is 13.5. The van der Waals surface area contributed by atoms with Crippen LogP contribution in [0.3, 0.4) is 0 Å². The Bertz CT molecular complexity index is 1380. The van der Waals surface area contributed by atoms with E-state index in [1.807, 2.05) is 0 Å². The molecule has 0 saturated carbocycles. The summed E-state index contributed by atoms with van der Waals surface area (Å²) in [6, 6.07) is 34.3. The van der Waals surface area contributed by atoms with Gasteiger partial charge in [0.25, 0.3) is 0 Å². The third-order valence-electron chi connectivity index (χ3n) is 8.88. The van der Waals surface area contributed by atoms with E-state index in [4.69, 9.17) is 14.2 Å². The maximum absolute atomic E-state index is 7.18. The highest BCUT2D eigenvalue weighted by atomic mass is 16.5. The number of benzene rings is 4. The fraction of sp³-hybridized carbons (Fsp3) is 0.455. The largest absolute Gasteiger partial charge is 0.494 e. The lowest BCUT2D eigenvalue weighted by atomic mass is 9.97. The summed E-state index contributed by atoms with van der Waals surface area (Å²) in [5.74, 6) is 1.80. The van der Waals surface area contributed by atoms with Crippen molar-refractivity contribution >= 4 is 0 Å². The molecular weight excluding hydrogens is 604 g/mol. The Morgan fingerprint density at radius 3 is 1.02 bits per heavy atom. The molecule has 0 bridgehead atoms. The number of hydrogen-bond acceptors (Lipinski definition) is 3.